The number of hydrogen-bond acceptors (Lipinski definition) is 3. The number of amides is 1. The number of nitrogens with zero attached hydrogens (tertiary/aromatic N) is 4. The van der Waals surface area contributed by atoms with Crippen molar-refractivity contribution in [3.8, 4) is 0 Å². The van der Waals surface area contributed by atoms with Gasteiger partial charge in [0.05, 0.1) is 0 Å². The third-order valence-electron chi connectivity index (χ3n) is 4.53. The smallest absolute Gasteiger partial charge is 0.282 e. The average molecular weight is 366 g/mol. The molecule has 0 saturated carbocycles. The van der Waals surface area contributed by atoms with Crippen LogP contribution in [0.5, 0.6) is 0 Å². The quantitative estimate of drug-likeness (QED) is 0.817. The summed E-state index contributed by atoms with van der Waals surface area (Å²) in [5.74, 6) is -0.392. The fourth-order valence-corrected chi connectivity index (χ4v) is 3.08. The third kappa shape index (κ3) is 4.43. The van der Waals surface area contributed by atoms with Gasteiger partial charge in [0.25, 0.3) is 6.43 Å². The van der Waals surface area contributed by atoms with E-state index in [0.717, 1.165) is 5.56 Å². The Balaban J connectivity index is 1.52. The van der Waals surface area contributed by atoms with Crippen molar-refractivity contribution < 1.29 is 18.0 Å². The minimum absolute atomic E-state index is 0.0392. The molecule has 0 bridgehead atoms. The van der Waals surface area contributed by atoms with Gasteiger partial charge in [-0.3, -0.25) is 14.4 Å². The molecule has 3 rings (SSSR count). The van der Waals surface area contributed by atoms with Crippen LogP contribution in [0.3, 0.4) is 0 Å². The highest BCUT2D eigenvalue weighted by atomic mass is 19.3. The Hall–Kier alpha value is -2.35. The minimum Gasteiger partial charge on any atom is -0.339 e. The lowest BCUT2D eigenvalue weighted by Crippen LogP contribution is -2.49. The number of carbonyl (C=O) groups excluding carboxylic acids is 1. The summed E-state index contributed by atoms with van der Waals surface area (Å²) >= 11 is 0. The number of alkyl halides is 2. The first-order valence-corrected chi connectivity index (χ1v) is 8.49. The first kappa shape index (κ1) is 18.4. The van der Waals surface area contributed by atoms with E-state index in [-0.39, 0.29) is 24.0 Å². The second-order valence-corrected chi connectivity index (χ2v) is 6.46. The van der Waals surface area contributed by atoms with Crippen LogP contribution in [0, 0.1) is 12.7 Å². The summed E-state index contributed by atoms with van der Waals surface area (Å²) in [7, 11) is 0. The van der Waals surface area contributed by atoms with Gasteiger partial charge in [0, 0.05) is 38.4 Å². The van der Waals surface area contributed by atoms with E-state index in [9.17, 15) is 18.0 Å². The molecule has 1 aliphatic rings. The molecule has 140 valence electrons. The van der Waals surface area contributed by atoms with Crippen molar-refractivity contribution in [2.24, 2.45) is 0 Å². The molecular formula is C18H21F3N4O. The van der Waals surface area contributed by atoms with E-state index in [1.807, 2.05) is 6.07 Å². The molecule has 0 unspecified atom stereocenters. The highest BCUT2D eigenvalue weighted by Gasteiger charge is 2.23. The molecule has 5 nitrogen and oxygen atoms in total. The van der Waals surface area contributed by atoms with E-state index in [1.54, 1.807) is 17.9 Å². The number of aromatic nitrogens is 2. The van der Waals surface area contributed by atoms with E-state index >= 15 is 0 Å². The molecule has 1 fully saturated rings. The van der Waals surface area contributed by atoms with Gasteiger partial charge in [-0.15, -0.1) is 0 Å². The van der Waals surface area contributed by atoms with Crippen LogP contribution in [0.2, 0.25) is 0 Å². The molecule has 0 N–H and O–H groups in total. The third-order valence-corrected chi connectivity index (χ3v) is 4.53. The highest BCUT2D eigenvalue weighted by molar-refractivity contribution is 5.76. The predicted octanol–water partition coefficient (Wildman–Crippen LogP) is 2.61. The molecule has 1 saturated heterocycles. The molecule has 1 amide bonds. The Morgan fingerprint density at radius 2 is 1.92 bits per heavy atom. The number of carbonyl (C=O) groups is 1. The number of hydrogen-bond donors (Lipinski definition) is 0. The van der Waals surface area contributed by atoms with Crippen LogP contribution in [-0.4, -0.2) is 51.7 Å². The summed E-state index contributed by atoms with van der Waals surface area (Å²) in [4.78, 5) is 16.3. The van der Waals surface area contributed by atoms with Crippen molar-refractivity contribution in [2.75, 3.05) is 26.2 Å². The molecule has 26 heavy (non-hydrogen) atoms. The Labute approximate surface area is 150 Å². The van der Waals surface area contributed by atoms with Crippen molar-refractivity contribution in [1.29, 1.82) is 0 Å². The number of rotatable bonds is 5. The molecule has 1 aliphatic heterocycles. The van der Waals surface area contributed by atoms with Gasteiger partial charge in [0.1, 0.15) is 18.1 Å². The first-order valence-electron chi connectivity index (χ1n) is 8.49. The molecular weight excluding hydrogens is 345 g/mol. The van der Waals surface area contributed by atoms with Crippen LogP contribution in [0.15, 0.2) is 30.3 Å². The van der Waals surface area contributed by atoms with Crippen LogP contribution < -0.4 is 0 Å². The van der Waals surface area contributed by atoms with Crippen LogP contribution >= 0.6 is 0 Å². The monoisotopic (exact) mass is 366 g/mol. The maximum atomic E-state index is 13.3. The summed E-state index contributed by atoms with van der Waals surface area (Å²) in [5.41, 5.74) is 1.13. The summed E-state index contributed by atoms with van der Waals surface area (Å²) in [6.07, 6.45) is -2.64. The lowest BCUT2D eigenvalue weighted by Gasteiger charge is -2.34. The SMILES string of the molecule is Cc1cc(C(F)F)nn1CC(=O)N1CCN(Cc2cccc(F)c2)CC1. The molecule has 0 spiro atoms. The van der Waals surface area contributed by atoms with E-state index in [4.69, 9.17) is 0 Å². The number of halogens is 3. The van der Waals surface area contributed by atoms with Gasteiger partial charge in [-0.2, -0.15) is 5.10 Å². The molecule has 0 aliphatic carbocycles. The van der Waals surface area contributed by atoms with Gasteiger partial charge in [-0.25, -0.2) is 13.2 Å². The second kappa shape index (κ2) is 7.90. The van der Waals surface area contributed by atoms with Crippen LogP contribution in [-0.2, 0) is 17.9 Å². The summed E-state index contributed by atoms with van der Waals surface area (Å²) in [6, 6.07) is 7.79. The first-order chi connectivity index (χ1) is 12.4. The van der Waals surface area contributed by atoms with Crippen molar-refractivity contribution in [3.05, 3.63) is 53.1 Å². The van der Waals surface area contributed by atoms with E-state index in [0.29, 0.717) is 38.4 Å². The van der Waals surface area contributed by atoms with Gasteiger partial charge in [-0.05, 0) is 30.7 Å². The Kier molecular flexibility index (Phi) is 5.61. The van der Waals surface area contributed by atoms with Gasteiger partial charge in [0.15, 0.2) is 0 Å². The lowest BCUT2D eigenvalue weighted by atomic mass is 10.2. The average Bonchev–Trinajstić information content (AvgIpc) is 2.96. The molecule has 2 aromatic rings. The van der Waals surface area contributed by atoms with Crippen LogP contribution in [0.4, 0.5) is 13.2 Å². The van der Waals surface area contributed by atoms with Crippen molar-refractivity contribution in [2.45, 2.75) is 26.4 Å². The summed E-state index contributed by atoms with van der Waals surface area (Å²) in [5, 5.41) is 3.80. The predicted molar refractivity (Wildman–Crippen MR) is 90.2 cm³/mol. The van der Waals surface area contributed by atoms with Crippen LogP contribution in [0.1, 0.15) is 23.4 Å². The zero-order chi connectivity index (χ0) is 18.7. The van der Waals surface area contributed by atoms with E-state index < -0.39 is 6.43 Å². The van der Waals surface area contributed by atoms with Crippen molar-refractivity contribution in [1.82, 2.24) is 19.6 Å². The van der Waals surface area contributed by atoms with Gasteiger partial charge in [0.2, 0.25) is 5.91 Å². The number of benzene rings is 1. The van der Waals surface area contributed by atoms with Gasteiger partial charge >= 0.3 is 0 Å². The van der Waals surface area contributed by atoms with E-state index in [1.165, 1.54) is 22.9 Å². The minimum atomic E-state index is -2.64. The Morgan fingerprint density at radius 3 is 2.54 bits per heavy atom. The zero-order valence-electron chi connectivity index (χ0n) is 14.5. The highest BCUT2D eigenvalue weighted by Crippen LogP contribution is 2.18. The zero-order valence-corrected chi connectivity index (χ0v) is 14.5. The topological polar surface area (TPSA) is 41.4 Å². The Morgan fingerprint density at radius 1 is 1.19 bits per heavy atom. The fourth-order valence-electron chi connectivity index (χ4n) is 3.08. The van der Waals surface area contributed by atoms with Crippen molar-refractivity contribution in [3.63, 3.8) is 0 Å². The normalized spacial score (nSPS) is 15.7. The van der Waals surface area contributed by atoms with E-state index in [2.05, 4.69) is 10.00 Å². The fraction of sp³-hybridized carbons (Fsp3) is 0.444. The van der Waals surface area contributed by atoms with Crippen LogP contribution in [0.25, 0.3) is 0 Å². The standard InChI is InChI=1S/C18H21F3N4O/c1-13-9-16(18(20)21)22-25(13)12-17(26)24-7-5-23(6-8-24)11-14-3-2-4-15(19)10-14/h2-4,9-10,18H,5-8,11-12H2,1H3. The summed E-state index contributed by atoms with van der Waals surface area (Å²) < 4.78 is 40.0. The van der Waals surface area contributed by atoms with Gasteiger partial charge in [-0.1, -0.05) is 12.1 Å². The number of piperazine rings is 1. The second-order valence-electron chi connectivity index (χ2n) is 6.46. The molecule has 2 heterocycles. The largest absolute Gasteiger partial charge is 0.339 e. The Bertz CT molecular complexity index is 770. The van der Waals surface area contributed by atoms with Gasteiger partial charge < -0.3 is 4.90 Å². The molecule has 0 radical (unpaired) electrons. The molecule has 8 heteroatoms. The number of aryl methyl sites for hydroxylation is 1. The lowest BCUT2D eigenvalue weighted by molar-refractivity contribution is -0.133. The molecule has 0 atom stereocenters. The maximum absolute atomic E-state index is 13.3. The molecule has 1 aromatic carbocycles. The summed E-state index contributed by atoms with van der Waals surface area (Å²) in [6.45, 7) is 4.72. The van der Waals surface area contributed by atoms with Crippen molar-refractivity contribution >= 4 is 5.91 Å². The molecule has 1 aromatic heterocycles. The maximum Gasteiger partial charge on any atom is 0.282 e.